The van der Waals surface area contributed by atoms with Gasteiger partial charge >= 0.3 is 0 Å². The van der Waals surface area contributed by atoms with Crippen molar-refractivity contribution in [2.75, 3.05) is 11.4 Å². The quantitative estimate of drug-likeness (QED) is 0.896. The first-order chi connectivity index (χ1) is 9.16. The zero-order valence-corrected chi connectivity index (χ0v) is 11.0. The number of anilines is 1. The maximum Gasteiger partial charge on any atom is 0.249 e. The first-order valence-electron chi connectivity index (χ1n) is 6.63. The molecule has 19 heavy (non-hydrogen) atoms. The van der Waals surface area contributed by atoms with Crippen molar-refractivity contribution in [2.45, 2.75) is 25.8 Å². The Kier molecular flexibility index (Phi) is 2.85. The standard InChI is InChI=1S/C15H17N3O/c1-10-5-4-8-18(10)14-9-12(15(16)19)11-6-2-3-7-13(11)17-14/h2-3,6-7,9-10H,4-5,8H2,1H3,(H2,16,19). The minimum absolute atomic E-state index is 0.397. The van der Waals surface area contributed by atoms with E-state index in [2.05, 4.69) is 16.8 Å². The Morgan fingerprint density at radius 2 is 2.21 bits per heavy atom. The molecule has 1 unspecified atom stereocenters. The van der Waals surface area contributed by atoms with Crippen LogP contribution in [-0.2, 0) is 0 Å². The summed E-state index contributed by atoms with van der Waals surface area (Å²) >= 11 is 0. The molecule has 1 aromatic carbocycles. The number of carbonyl (C=O) groups is 1. The van der Waals surface area contributed by atoms with Crippen LogP contribution < -0.4 is 10.6 Å². The fourth-order valence-corrected chi connectivity index (χ4v) is 2.79. The Hall–Kier alpha value is -2.10. The third-order valence-corrected chi connectivity index (χ3v) is 3.82. The van der Waals surface area contributed by atoms with Gasteiger partial charge in [0.25, 0.3) is 0 Å². The third kappa shape index (κ3) is 2.03. The number of rotatable bonds is 2. The summed E-state index contributed by atoms with van der Waals surface area (Å²) in [5.74, 6) is 0.462. The number of nitrogens with two attached hydrogens (primary N) is 1. The lowest BCUT2D eigenvalue weighted by molar-refractivity contribution is 0.100. The van der Waals surface area contributed by atoms with E-state index < -0.39 is 5.91 Å². The second-order valence-corrected chi connectivity index (χ2v) is 5.09. The fourth-order valence-electron chi connectivity index (χ4n) is 2.79. The summed E-state index contributed by atoms with van der Waals surface area (Å²) in [7, 11) is 0. The molecule has 2 N–H and O–H groups in total. The van der Waals surface area contributed by atoms with E-state index >= 15 is 0 Å². The molecule has 4 nitrogen and oxygen atoms in total. The fraction of sp³-hybridized carbons (Fsp3) is 0.333. The van der Waals surface area contributed by atoms with Gasteiger partial charge in [0.15, 0.2) is 0 Å². The normalized spacial score (nSPS) is 19.0. The van der Waals surface area contributed by atoms with E-state index in [0.717, 1.165) is 23.3 Å². The maximum atomic E-state index is 11.6. The van der Waals surface area contributed by atoms with Crippen molar-refractivity contribution in [3.05, 3.63) is 35.9 Å². The van der Waals surface area contributed by atoms with Crippen molar-refractivity contribution in [1.29, 1.82) is 0 Å². The predicted octanol–water partition coefficient (Wildman–Crippen LogP) is 2.32. The molecular formula is C15H17N3O. The number of amides is 1. The predicted molar refractivity (Wildman–Crippen MR) is 76.3 cm³/mol. The van der Waals surface area contributed by atoms with Crippen molar-refractivity contribution in [2.24, 2.45) is 5.73 Å². The average Bonchev–Trinajstić information content (AvgIpc) is 2.83. The van der Waals surface area contributed by atoms with E-state index in [0.29, 0.717) is 11.6 Å². The van der Waals surface area contributed by atoms with E-state index in [1.54, 1.807) is 0 Å². The van der Waals surface area contributed by atoms with Crippen LogP contribution in [0.3, 0.4) is 0 Å². The van der Waals surface area contributed by atoms with Crippen molar-refractivity contribution in [3.8, 4) is 0 Å². The highest BCUT2D eigenvalue weighted by atomic mass is 16.1. The van der Waals surface area contributed by atoms with Crippen LogP contribution in [0, 0.1) is 0 Å². The van der Waals surface area contributed by atoms with Gasteiger partial charge in [-0.2, -0.15) is 0 Å². The highest BCUT2D eigenvalue weighted by Gasteiger charge is 2.23. The average molecular weight is 255 g/mol. The van der Waals surface area contributed by atoms with Crippen LogP contribution >= 0.6 is 0 Å². The van der Waals surface area contributed by atoms with E-state index in [4.69, 9.17) is 5.73 Å². The zero-order valence-electron chi connectivity index (χ0n) is 11.0. The summed E-state index contributed by atoms with van der Waals surface area (Å²) in [6, 6.07) is 9.93. The van der Waals surface area contributed by atoms with Crippen LogP contribution in [0.5, 0.6) is 0 Å². The second kappa shape index (κ2) is 4.53. The van der Waals surface area contributed by atoms with Gasteiger partial charge in [0, 0.05) is 18.0 Å². The summed E-state index contributed by atoms with van der Waals surface area (Å²) in [6.07, 6.45) is 2.34. The van der Waals surface area contributed by atoms with Gasteiger partial charge in [0.05, 0.1) is 11.1 Å². The minimum atomic E-state index is -0.397. The van der Waals surface area contributed by atoms with Gasteiger partial charge in [-0.1, -0.05) is 18.2 Å². The van der Waals surface area contributed by atoms with Gasteiger partial charge in [-0.15, -0.1) is 0 Å². The van der Waals surface area contributed by atoms with Crippen molar-refractivity contribution in [3.63, 3.8) is 0 Å². The van der Waals surface area contributed by atoms with Crippen LogP contribution in [0.25, 0.3) is 10.9 Å². The van der Waals surface area contributed by atoms with Crippen molar-refractivity contribution in [1.82, 2.24) is 4.98 Å². The monoisotopic (exact) mass is 255 g/mol. The van der Waals surface area contributed by atoms with E-state index in [9.17, 15) is 4.79 Å². The number of hydrogen-bond acceptors (Lipinski definition) is 3. The summed E-state index contributed by atoms with van der Waals surface area (Å²) in [6.45, 7) is 3.18. The third-order valence-electron chi connectivity index (χ3n) is 3.82. The zero-order chi connectivity index (χ0) is 13.4. The number of aromatic nitrogens is 1. The number of fused-ring (bicyclic) bond motifs is 1. The molecule has 0 spiro atoms. The molecule has 0 bridgehead atoms. The number of benzene rings is 1. The van der Waals surface area contributed by atoms with E-state index in [-0.39, 0.29) is 0 Å². The Labute approximate surface area is 112 Å². The maximum absolute atomic E-state index is 11.6. The van der Waals surface area contributed by atoms with Crippen LogP contribution in [0.1, 0.15) is 30.1 Å². The lowest BCUT2D eigenvalue weighted by Crippen LogP contribution is -2.27. The van der Waals surface area contributed by atoms with Crippen LogP contribution in [0.2, 0.25) is 0 Å². The lowest BCUT2D eigenvalue weighted by Gasteiger charge is -2.23. The molecule has 0 aliphatic carbocycles. The van der Waals surface area contributed by atoms with E-state index in [1.165, 1.54) is 12.8 Å². The molecule has 1 aromatic heterocycles. The lowest BCUT2D eigenvalue weighted by atomic mass is 10.1. The molecule has 1 fully saturated rings. The Morgan fingerprint density at radius 1 is 1.42 bits per heavy atom. The Balaban J connectivity index is 2.18. The molecule has 0 saturated carbocycles. The SMILES string of the molecule is CC1CCCN1c1cc(C(N)=O)c2ccccc2n1. The highest BCUT2D eigenvalue weighted by molar-refractivity contribution is 6.06. The summed E-state index contributed by atoms with van der Waals surface area (Å²) in [5.41, 5.74) is 6.88. The van der Waals surface area contributed by atoms with Gasteiger partial charge < -0.3 is 10.6 Å². The largest absolute Gasteiger partial charge is 0.366 e. The molecule has 2 heterocycles. The van der Waals surface area contributed by atoms with Crippen LogP contribution in [0.15, 0.2) is 30.3 Å². The molecule has 4 heteroatoms. The molecule has 1 atom stereocenters. The number of pyridine rings is 1. The van der Waals surface area contributed by atoms with Gasteiger partial charge in [0.1, 0.15) is 5.82 Å². The minimum Gasteiger partial charge on any atom is -0.366 e. The molecule has 98 valence electrons. The number of para-hydroxylation sites is 1. The molecule has 1 aliphatic rings. The second-order valence-electron chi connectivity index (χ2n) is 5.09. The van der Waals surface area contributed by atoms with Crippen LogP contribution in [-0.4, -0.2) is 23.5 Å². The molecule has 3 rings (SSSR count). The first kappa shape index (κ1) is 12.0. The van der Waals surface area contributed by atoms with Gasteiger partial charge in [-0.3, -0.25) is 4.79 Å². The van der Waals surface area contributed by atoms with Gasteiger partial charge in [-0.05, 0) is 31.9 Å². The Bertz CT molecular complexity index is 638. The van der Waals surface area contributed by atoms with Crippen molar-refractivity contribution < 1.29 is 4.79 Å². The highest BCUT2D eigenvalue weighted by Crippen LogP contribution is 2.27. The van der Waals surface area contributed by atoms with Gasteiger partial charge in [-0.25, -0.2) is 4.98 Å². The van der Waals surface area contributed by atoms with Gasteiger partial charge in [0.2, 0.25) is 5.91 Å². The topological polar surface area (TPSA) is 59.2 Å². The summed E-state index contributed by atoms with van der Waals surface area (Å²) < 4.78 is 0. The molecule has 1 aliphatic heterocycles. The van der Waals surface area contributed by atoms with E-state index in [1.807, 2.05) is 30.3 Å². The van der Waals surface area contributed by atoms with Crippen LogP contribution in [0.4, 0.5) is 5.82 Å². The number of nitrogens with zero attached hydrogens (tertiary/aromatic N) is 2. The first-order valence-corrected chi connectivity index (χ1v) is 6.63. The molecule has 1 amide bonds. The summed E-state index contributed by atoms with van der Waals surface area (Å²) in [5, 5.41) is 0.825. The number of primary amides is 1. The summed E-state index contributed by atoms with van der Waals surface area (Å²) in [4.78, 5) is 18.6. The number of hydrogen-bond donors (Lipinski definition) is 1. The van der Waals surface area contributed by atoms with Crippen molar-refractivity contribution >= 4 is 22.6 Å². The Morgan fingerprint density at radius 3 is 2.89 bits per heavy atom. The molecule has 0 radical (unpaired) electrons. The number of carbonyl (C=O) groups excluding carboxylic acids is 1. The molecular weight excluding hydrogens is 238 g/mol. The molecule has 2 aromatic rings. The molecule has 1 saturated heterocycles. The smallest absolute Gasteiger partial charge is 0.249 e.